The molecule has 4 heterocycles. The average Bonchev–Trinajstić information content (AvgIpc) is 0.957. The van der Waals surface area contributed by atoms with Gasteiger partial charge in [-0.05, 0) is 168 Å². The molecular formula is C88H90N2O18. The highest BCUT2D eigenvalue weighted by Gasteiger charge is 2.44. The standard InChI is InChI=1S/C88H90N2O18/c1-85(2,3)49-19-27-53(28-20-49)103-65-37-61-71-62(80(94)89(79(61)93)41-69(91)107-57-17-13-15-47(35-57)83(97)101-45-59-43-99-59)39-67(105-55-31-23-51(24-32-55)87(7,8)9)75-76-68(106-56-33-25-52(26-34-56)88(10,11)12)40-64-72-63(38-66(74(78(72)76)73(65)77(71)75)104-54-29-21-50(22-30-54)86(4,5)6)81(95)90(82(64)96)42-70(92)108-58-18-14-16-48(36-58)84(98)102-46-60-44-100-60/h19-34,37-40,47-48,57-60H,13-18,35-36,41-46H2,1-12H3. The molecule has 2 saturated heterocycles. The highest BCUT2D eigenvalue weighted by Crippen LogP contribution is 2.58. The van der Waals surface area contributed by atoms with Gasteiger partial charge in [0.1, 0.15) is 96.7 Å². The SMILES string of the molecule is CC(C)(C)c1ccc(Oc2cc3c4c(cc(Oc5ccc(C(C)(C)C)cc5)c5c6c(Oc7ccc(C(C)(C)C)cc7)cc7c8c(cc(Oc9ccc(C(C)(C)C)cc9)c(c2c45)c86)C(=O)N(CC(=O)OC2CCCC(C(=O)OCC4CO4)C2)C7=O)C(=O)N(CC(=O)OC2CCCC(C(=O)OCC4CO4)C2)C3=O)cc1. The Morgan fingerprint density at radius 2 is 0.630 bits per heavy atom. The summed E-state index contributed by atoms with van der Waals surface area (Å²) in [4.78, 5) is 121. The largest absolute Gasteiger partial charge is 0.463 e. The summed E-state index contributed by atoms with van der Waals surface area (Å²) < 4.78 is 62.8. The first-order chi connectivity index (χ1) is 51.3. The summed E-state index contributed by atoms with van der Waals surface area (Å²) in [5.41, 5.74) is 2.76. The summed E-state index contributed by atoms with van der Waals surface area (Å²) in [6, 6.07) is 36.4. The highest BCUT2D eigenvalue weighted by atomic mass is 16.6. The molecule has 0 N–H and O–H groups in total. The molecule has 20 nitrogen and oxygen atoms in total. The third-order valence-corrected chi connectivity index (χ3v) is 21.6. The van der Waals surface area contributed by atoms with E-state index in [0.29, 0.717) is 74.7 Å². The van der Waals surface area contributed by atoms with Gasteiger partial charge in [-0.15, -0.1) is 0 Å². The zero-order valence-corrected chi connectivity index (χ0v) is 63.2. The van der Waals surface area contributed by atoms with Gasteiger partial charge in [0.25, 0.3) is 23.6 Å². The van der Waals surface area contributed by atoms with E-state index in [2.05, 4.69) is 83.1 Å². The highest BCUT2D eigenvalue weighted by molar-refractivity contribution is 6.45. The molecule has 6 atom stereocenters. The van der Waals surface area contributed by atoms with Crippen LogP contribution in [0.2, 0.25) is 0 Å². The van der Waals surface area contributed by atoms with Crippen molar-refractivity contribution in [3.05, 3.63) is 166 Å². The zero-order valence-electron chi connectivity index (χ0n) is 63.2. The Kier molecular flexibility index (Phi) is 18.9. The maximum Gasteiger partial charge on any atom is 0.326 e. The number of carbonyl (C=O) groups is 8. The lowest BCUT2D eigenvalue weighted by molar-refractivity contribution is -0.158. The van der Waals surface area contributed by atoms with Crippen molar-refractivity contribution in [2.24, 2.45) is 11.8 Å². The molecule has 2 aliphatic carbocycles. The summed E-state index contributed by atoms with van der Waals surface area (Å²) in [7, 11) is 0. The van der Waals surface area contributed by atoms with Crippen molar-refractivity contribution in [1.29, 1.82) is 0 Å². The summed E-state index contributed by atoms with van der Waals surface area (Å²) in [5, 5.41) is 1.89. The predicted octanol–water partition coefficient (Wildman–Crippen LogP) is 17.4. The van der Waals surface area contributed by atoms with E-state index in [1.54, 1.807) is 24.3 Å². The average molecular weight is 1460 g/mol. The van der Waals surface area contributed by atoms with Crippen molar-refractivity contribution in [3.63, 3.8) is 0 Å². The van der Waals surface area contributed by atoms with Crippen LogP contribution >= 0.6 is 0 Å². The maximum atomic E-state index is 16.0. The Balaban J connectivity index is 0.970. The molecule has 0 bridgehead atoms. The van der Waals surface area contributed by atoms with Gasteiger partial charge < -0.3 is 47.4 Å². The van der Waals surface area contributed by atoms with E-state index >= 15 is 19.2 Å². The Bertz CT molecular complexity index is 4550. The number of carbonyl (C=O) groups excluding carboxylic acids is 8. The minimum absolute atomic E-state index is 0.0327. The van der Waals surface area contributed by atoms with Crippen molar-refractivity contribution in [2.75, 3.05) is 39.5 Å². The van der Waals surface area contributed by atoms with E-state index in [-0.39, 0.29) is 148 Å². The number of imide groups is 2. The number of epoxide rings is 2. The van der Waals surface area contributed by atoms with E-state index in [1.165, 1.54) is 0 Å². The number of nitrogens with zero attached hydrogens (tertiary/aromatic N) is 2. The van der Waals surface area contributed by atoms with E-state index in [9.17, 15) is 19.2 Å². The molecule has 4 aliphatic heterocycles. The number of hydrogen-bond donors (Lipinski definition) is 0. The van der Waals surface area contributed by atoms with E-state index < -0.39 is 84.6 Å². The number of amides is 4. The predicted molar refractivity (Wildman–Crippen MR) is 404 cm³/mol. The van der Waals surface area contributed by atoms with Crippen molar-refractivity contribution in [3.8, 4) is 46.0 Å². The fourth-order valence-electron chi connectivity index (χ4n) is 15.4. The van der Waals surface area contributed by atoms with Crippen LogP contribution in [0.4, 0.5) is 0 Å². The number of fused-ring (bicyclic) bond motifs is 2. The molecule has 9 aromatic carbocycles. The first-order valence-corrected chi connectivity index (χ1v) is 37.5. The van der Waals surface area contributed by atoms with E-state index in [4.69, 9.17) is 47.4 Å². The lowest BCUT2D eigenvalue weighted by Gasteiger charge is -2.33. The minimum Gasteiger partial charge on any atom is -0.463 e. The van der Waals surface area contributed by atoms with Crippen LogP contribution in [0.25, 0.3) is 43.1 Å². The van der Waals surface area contributed by atoms with Crippen LogP contribution in [0.3, 0.4) is 0 Å². The second-order valence-corrected chi connectivity index (χ2v) is 33.7. The fourth-order valence-corrected chi connectivity index (χ4v) is 15.4. The molecule has 4 amide bonds. The maximum absolute atomic E-state index is 16.0. The van der Waals surface area contributed by atoms with Crippen LogP contribution in [-0.4, -0.2) is 121 Å². The third-order valence-electron chi connectivity index (χ3n) is 21.6. The molecule has 0 radical (unpaired) electrons. The third kappa shape index (κ3) is 14.6. The number of esters is 4. The fraction of sp³-hybridized carbons (Fsp3) is 0.409. The summed E-state index contributed by atoms with van der Waals surface area (Å²) in [6.45, 7) is 24.8. The molecule has 15 rings (SSSR count). The molecule has 4 fully saturated rings. The van der Waals surface area contributed by atoms with E-state index in [0.717, 1.165) is 32.1 Å². The van der Waals surface area contributed by atoms with Crippen LogP contribution in [0.1, 0.15) is 198 Å². The quantitative estimate of drug-likeness (QED) is 0.0172. The lowest BCUT2D eigenvalue weighted by atomic mass is 9.80. The number of ether oxygens (including phenoxy) is 10. The van der Waals surface area contributed by atoms with Gasteiger partial charge >= 0.3 is 23.9 Å². The van der Waals surface area contributed by atoms with Crippen LogP contribution in [0.15, 0.2) is 121 Å². The first-order valence-electron chi connectivity index (χ1n) is 37.5. The second kappa shape index (κ2) is 28.0. The molecule has 9 aromatic rings. The number of hydrogen-bond acceptors (Lipinski definition) is 18. The van der Waals surface area contributed by atoms with Gasteiger partial charge in [0.15, 0.2) is 0 Å². The van der Waals surface area contributed by atoms with Crippen LogP contribution in [0.5, 0.6) is 46.0 Å². The smallest absolute Gasteiger partial charge is 0.326 e. The van der Waals surface area contributed by atoms with Crippen molar-refractivity contribution in [2.45, 2.75) is 181 Å². The molecule has 0 spiro atoms. The monoisotopic (exact) mass is 1460 g/mol. The number of benzene rings is 9. The van der Waals surface area contributed by atoms with Gasteiger partial charge in [-0.2, -0.15) is 0 Å². The molecule has 6 unspecified atom stereocenters. The first kappa shape index (κ1) is 73.1. The Hall–Kier alpha value is -10.4. The van der Waals surface area contributed by atoms with Crippen LogP contribution in [-0.2, 0) is 69.3 Å². The summed E-state index contributed by atoms with van der Waals surface area (Å²) in [6.07, 6.45) is 1.78. The van der Waals surface area contributed by atoms with Crippen LogP contribution in [0, 0.1) is 11.8 Å². The Morgan fingerprint density at radius 3 is 0.870 bits per heavy atom. The van der Waals surface area contributed by atoms with Gasteiger partial charge in [-0.1, -0.05) is 132 Å². The normalized spacial score (nSPS) is 20.1. The van der Waals surface area contributed by atoms with Gasteiger partial charge in [0, 0.05) is 43.1 Å². The lowest BCUT2D eigenvalue weighted by Crippen LogP contribution is -2.45. The molecule has 20 heteroatoms. The minimum atomic E-state index is -0.874. The molecular weight excluding hydrogens is 1370 g/mol. The Morgan fingerprint density at radius 1 is 0.370 bits per heavy atom. The van der Waals surface area contributed by atoms with Gasteiger partial charge in [-0.3, -0.25) is 48.2 Å². The van der Waals surface area contributed by atoms with Crippen molar-refractivity contribution < 1.29 is 85.7 Å². The van der Waals surface area contributed by atoms with E-state index in [1.807, 2.05) is 97.1 Å². The van der Waals surface area contributed by atoms with Gasteiger partial charge in [-0.25, -0.2) is 0 Å². The van der Waals surface area contributed by atoms with Gasteiger partial charge in [0.2, 0.25) is 0 Å². The van der Waals surface area contributed by atoms with Gasteiger partial charge in [0.05, 0.1) is 47.3 Å². The summed E-state index contributed by atoms with van der Waals surface area (Å²) >= 11 is 0. The van der Waals surface area contributed by atoms with Crippen molar-refractivity contribution >= 4 is 90.6 Å². The molecule has 0 aromatic heterocycles. The van der Waals surface area contributed by atoms with Crippen LogP contribution < -0.4 is 18.9 Å². The molecule has 6 aliphatic rings. The Labute approximate surface area is 626 Å². The second-order valence-electron chi connectivity index (χ2n) is 33.7. The summed E-state index contributed by atoms with van der Waals surface area (Å²) in [5.74, 6) is -5.44. The molecule has 108 heavy (non-hydrogen) atoms. The van der Waals surface area contributed by atoms with Crippen molar-refractivity contribution in [1.82, 2.24) is 9.80 Å². The molecule has 560 valence electrons. The number of rotatable bonds is 20. The molecule has 2 saturated carbocycles. The topological polar surface area (TPSA) is 242 Å². The zero-order chi connectivity index (χ0) is 76.2.